The summed E-state index contributed by atoms with van der Waals surface area (Å²) in [4.78, 5) is 19.4. The number of amides is 1. The fraction of sp³-hybridized carbons (Fsp3) is 0.611. The van der Waals surface area contributed by atoms with Crippen LogP contribution in [0.3, 0.4) is 0 Å². The second-order valence-electron chi connectivity index (χ2n) is 7.78. The minimum Gasteiger partial charge on any atom is -0.351 e. The quantitative estimate of drug-likeness (QED) is 0.880. The van der Waals surface area contributed by atoms with Crippen molar-refractivity contribution in [1.82, 2.24) is 20.4 Å². The molecule has 1 amide bonds. The first-order valence-electron chi connectivity index (χ1n) is 8.30. The van der Waals surface area contributed by atoms with E-state index < -0.39 is 0 Å². The van der Waals surface area contributed by atoms with Crippen molar-refractivity contribution in [2.75, 3.05) is 27.2 Å². The van der Waals surface area contributed by atoms with Crippen LogP contribution in [0.1, 0.15) is 55.4 Å². The smallest absolute Gasteiger partial charge is 0.259 e. The molecule has 0 atom stereocenters. The number of nitrogens with one attached hydrogen (secondary N) is 1. The van der Waals surface area contributed by atoms with E-state index in [4.69, 9.17) is 4.52 Å². The van der Waals surface area contributed by atoms with E-state index >= 15 is 0 Å². The summed E-state index contributed by atoms with van der Waals surface area (Å²) in [6, 6.07) is 1.85. The van der Waals surface area contributed by atoms with Crippen molar-refractivity contribution < 1.29 is 9.32 Å². The molecule has 0 aliphatic heterocycles. The average Bonchev–Trinajstić information content (AvgIpc) is 2.84. The van der Waals surface area contributed by atoms with Gasteiger partial charge in [-0.15, -0.1) is 0 Å². The molecular weight excluding hydrogens is 304 g/mol. The lowest BCUT2D eigenvalue weighted by Gasteiger charge is -2.28. The Bertz CT molecular complexity index is 732. The Kier molecular flexibility index (Phi) is 5.28. The van der Waals surface area contributed by atoms with Crippen molar-refractivity contribution in [1.29, 1.82) is 0 Å². The number of carbonyl (C=O) groups is 1. The minimum atomic E-state index is -0.109. The van der Waals surface area contributed by atoms with Crippen LogP contribution in [0, 0.1) is 12.3 Å². The molecule has 0 fully saturated rings. The van der Waals surface area contributed by atoms with Crippen molar-refractivity contribution in [2.45, 2.75) is 40.5 Å². The maximum absolute atomic E-state index is 12.8. The molecule has 0 bridgehead atoms. The van der Waals surface area contributed by atoms with Crippen molar-refractivity contribution in [3.63, 3.8) is 0 Å². The van der Waals surface area contributed by atoms with Crippen molar-refractivity contribution in [3.05, 3.63) is 23.0 Å². The van der Waals surface area contributed by atoms with Gasteiger partial charge in [0.1, 0.15) is 0 Å². The van der Waals surface area contributed by atoms with E-state index in [0.717, 1.165) is 12.2 Å². The van der Waals surface area contributed by atoms with Crippen molar-refractivity contribution in [3.8, 4) is 0 Å². The predicted molar refractivity (Wildman–Crippen MR) is 95.3 cm³/mol. The van der Waals surface area contributed by atoms with E-state index in [-0.39, 0.29) is 17.2 Å². The molecule has 0 aliphatic rings. The number of hydrogen-bond acceptors (Lipinski definition) is 5. The summed E-state index contributed by atoms with van der Waals surface area (Å²) in [5, 5.41) is 7.72. The predicted octanol–water partition coefficient (Wildman–Crippen LogP) is 2.97. The lowest BCUT2D eigenvalue weighted by atomic mass is 9.92. The van der Waals surface area contributed by atoms with Crippen LogP contribution in [0.25, 0.3) is 11.1 Å². The molecule has 2 aromatic rings. The number of fused-ring (bicyclic) bond motifs is 1. The van der Waals surface area contributed by atoms with Crippen LogP contribution in [0.4, 0.5) is 0 Å². The summed E-state index contributed by atoms with van der Waals surface area (Å²) in [6.45, 7) is 11.7. The van der Waals surface area contributed by atoms with Gasteiger partial charge in [-0.05, 0) is 38.4 Å². The fourth-order valence-electron chi connectivity index (χ4n) is 2.92. The summed E-state index contributed by atoms with van der Waals surface area (Å²) >= 11 is 0. The number of nitrogens with zero attached hydrogens (tertiary/aromatic N) is 3. The molecule has 1 N–H and O–H groups in total. The third-order valence-electron chi connectivity index (χ3n) is 3.94. The Morgan fingerprint density at radius 2 is 2.04 bits per heavy atom. The Hall–Kier alpha value is -1.95. The molecule has 0 aliphatic carbocycles. The van der Waals surface area contributed by atoms with E-state index in [1.807, 2.05) is 40.9 Å². The Balaban J connectivity index is 2.30. The van der Waals surface area contributed by atoms with E-state index in [1.165, 1.54) is 0 Å². The van der Waals surface area contributed by atoms with Gasteiger partial charge in [-0.3, -0.25) is 4.79 Å². The van der Waals surface area contributed by atoms with Crippen LogP contribution < -0.4 is 5.32 Å². The summed E-state index contributed by atoms with van der Waals surface area (Å²) in [7, 11) is 4.07. The standard InChI is InChI=1S/C18H28N4O2/c1-11(2)14-8-13(15-12(3)21-24-17(15)20-14)16(23)19-9-18(4,5)10-22(6)7/h8,11H,9-10H2,1-7H3,(H,19,23). The Morgan fingerprint density at radius 1 is 1.38 bits per heavy atom. The Morgan fingerprint density at radius 3 is 2.62 bits per heavy atom. The van der Waals surface area contributed by atoms with Gasteiger partial charge in [0, 0.05) is 18.8 Å². The monoisotopic (exact) mass is 332 g/mol. The molecule has 132 valence electrons. The van der Waals surface area contributed by atoms with Gasteiger partial charge in [-0.25, -0.2) is 4.98 Å². The van der Waals surface area contributed by atoms with Gasteiger partial charge in [-0.2, -0.15) is 0 Å². The summed E-state index contributed by atoms with van der Waals surface area (Å²) in [5.41, 5.74) is 2.51. The first-order valence-corrected chi connectivity index (χ1v) is 8.30. The van der Waals surface area contributed by atoms with E-state index in [0.29, 0.717) is 28.9 Å². The average molecular weight is 332 g/mol. The molecule has 0 saturated heterocycles. The fourth-order valence-corrected chi connectivity index (χ4v) is 2.92. The first-order chi connectivity index (χ1) is 11.1. The van der Waals surface area contributed by atoms with Crippen LogP contribution in [-0.4, -0.2) is 48.1 Å². The zero-order valence-corrected chi connectivity index (χ0v) is 15.7. The van der Waals surface area contributed by atoms with Crippen LogP contribution in [-0.2, 0) is 0 Å². The highest BCUT2D eigenvalue weighted by molar-refractivity contribution is 6.06. The number of aromatic nitrogens is 2. The number of carbonyl (C=O) groups excluding carboxylic acids is 1. The largest absolute Gasteiger partial charge is 0.351 e. The van der Waals surface area contributed by atoms with Gasteiger partial charge in [0.05, 0.1) is 16.6 Å². The van der Waals surface area contributed by atoms with E-state index in [1.54, 1.807) is 0 Å². The molecule has 0 saturated carbocycles. The van der Waals surface area contributed by atoms with Crippen molar-refractivity contribution in [2.24, 2.45) is 5.41 Å². The van der Waals surface area contributed by atoms with Gasteiger partial charge >= 0.3 is 0 Å². The van der Waals surface area contributed by atoms with Crippen LogP contribution in [0.15, 0.2) is 10.6 Å². The lowest BCUT2D eigenvalue weighted by Crippen LogP contribution is -2.40. The molecule has 0 aromatic carbocycles. The summed E-state index contributed by atoms with van der Waals surface area (Å²) in [5.74, 6) is 0.0963. The normalized spacial score (nSPS) is 12.4. The number of pyridine rings is 1. The molecule has 0 radical (unpaired) electrons. The number of hydrogen-bond donors (Lipinski definition) is 1. The first kappa shape index (κ1) is 18.4. The Labute approximate surface area is 143 Å². The van der Waals surface area contributed by atoms with E-state index in [2.05, 4.69) is 34.2 Å². The lowest BCUT2D eigenvalue weighted by molar-refractivity contribution is 0.0930. The van der Waals surface area contributed by atoms with Crippen LogP contribution >= 0.6 is 0 Å². The molecule has 24 heavy (non-hydrogen) atoms. The van der Waals surface area contributed by atoms with Gasteiger partial charge in [-0.1, -0.05) is 32.9 Å². The maximum Gasteiger partial charge on any atom is 0.259 e. The van der Waals surface area contributed by atoms with Crippen LogP contribution in [0.2, 0.25) is 0 Å². The summed E-state index contributed by atoms with van der Waals surface area (Å²) < 4.78 is 5.28. The molecular formula is C18H28N4O2. The molecule has 0 spiro atoms. The molecule has 2 heterocycles. The van der Waals surface area contributed by atoms with Gasteiger partial charge in [0.25, 0.3) is 11.6 Å². The molecule has 0 unspecified atom stereocenters. The highest BCUT2D eigenvalue weighted by atomic mass is 16.5. The maximum atomic E-state index is 12.8. The molecule has 6 heteroatoms. The third kappa shape index (κ3) is 4.12. The second kappa shape index (κ2) is 6.89. The second-order valence-corrected chi connectivity index (χ2v) is 7.78. The zero-order valence-electron chi connectivity index (χ0n) is 15.7. The molecule has 2 aromatic heterocycles. The van der Waals surface area contributed by atoms with Gasteiger partial charge < -0.3 is 14.7 Å². The van der Waals surface area contributed by atoms with Gasteiger partial charge in [0.15, 0.2) is 0 Å². The van der Waals surface area contributed by atoms with Crippen LogP contribution in [0.5, 0.6) is 0 Å². The topological polar surface area (TPSA) is 71.3 Å². The van der Waals surface area contributed by atoms with E-state index in [9.17, 15) is 4.79 Å². The number of rotatable bonds is 6. The highest BCUT2D eigenvalue weighted by Crippen LogP contribution is 2.25. The number of aryl methyl sites for hydroxylation is 1. The highest BCUT2D eigenvalue weighted by Gasteiger charge is 2.23. The molecule has 2 rings (SSSR count). The zero-order chi connectivity index (χ0) is 18.1. The summed E-state index contributed by atoms with van der Waals surface area (Å²) in [6.07, 6.45) is 0. The van der Waals surface area contributed by atoms with Gasteiger partial charge in [0.2, 0.25) is 0 Å². The molecule has 6 nitrogen and oxygen atoms in total. The minimum absolute atomic E-state index is 0.0180. The van der Waals surface area contributed by atoms with Crippen molar-refractivity contribution >= 4 is 17.0 Å². The third-order valence-corrected chi connectivity index (χ3v) is 3.94. The SMILES string of the molecule is Cc1noc2nc(C(C)C)cc(C(=O)NCC(C)(C)CN(C)C)c12.